The Morgan fingerprint density at radius 2 is 1.66 bits per heavy atom. The first-order valence-electron chi connectivity index (χ1n) is 12.5. The number of aromatic nitrogens is 4. The molecule has 2 saturated heterocycles. The van der Waals surface area contributed by atoms with E-state index in [2.05, 4.69) is 41.3 Å². The highest BCUT2D eigenvalue weighted by atomic mass is 16.1. The van der Waals surface area contributed by atoms with Crippen LogP contribution in [0.25, 0.3) is 22.0 Å². The normalized spacial score (nSPS) is 16.1. The second kappa shape index (κ2) is 9.37. The molecule has 35 heavy (non-hydrogen) atoms. The number of anilines is 3. The molecule has 1 amide bonds. The van der Waals surface area contributed by atoms with Gasteiger partial charge in [0.2, 0.25) is 0 Å². The summed E-state index contributed by atoms with van der Waals surface area (Å²) in [6.45, 7) is 4.16. The molecule has 2 fully saturated rings. The zero-order valence-electron chi connectivity index (χ0n) is 19.7. The van der Waals surface area contributed by atoms with Crippen LogP contribution in [0.4, 0.5) is 17.2 Å². The molecule has 0 unspecified atom stereocenters. The summed E-state index contributed by atoms with van der Waals surface area (Å²) in [7, 11) is 0. The van der Waals surface area contributed by atoms with Gasteiger partial charge in [-0.25, -0.2) is 4.98 Å². The third kappa shape index (κ3) is 4.43. The Balaban J connectivity index is 1.26. The van der Waals surface area contributed by atoms with Crippen LogP contribution < -0.4 is 15.1 Å². The number of rotatable bonds is 5. The number of pyridine rings is 2. The van der Waals surface area contributed by atoms with Crippen LogP contribution in [0, 0.1) is 0 Å². The van der Waals surface area contributed by atoms with E-state index in [1.807, 2.05) is 42.7 Å². The summed E-state index contributed by atoms with van der Waals surface area (Å²) in [5.41, 5.74) is 5.11. The summed E-state index contributed by atoms with van der Waals surface area (Å²) >= 11 is 0. The van der Waals surface area contributed by atoms with E-state index in [9.17, 15) is 4.79 Å². The van der Waals surface area contributed by atoms with E-state index < -0.39 is 0 Å². The molecule has 5 heterocycles. The fraction of sp³-hybridized carbons (Fsp3) is 0.333. The van der Waals surface area contributed by atoms with Crippen molar-refractivity contribution in [3.63, 3.8) is 0 Å². The van der Waals surface area contributed by atoms with Crippen LogP contribution in [-0.2, 0) is 0 Å². The summed E-state index contributed by atoms with van der Waals surface area (Å²) in [5.74, 6) is 0.662. The van der Waals surface area contributed by atoms with Gasteiger partial charge in [0.05, 0.1) is 17.4 Å². The first-order valence-corrected chi connectivity index (χ1v) is 12.5. The molecular formula is C27H29N7O. The van der Waals surface area contributed by atoms with E-state index >= 15 is 0 Å². The van der Waals surface area contributed by atoms with E-state index in [-0.39, 0.29) is 5.91 Å². The fourth-order valence-corrected chi connectivity index (χ4v) is 5.08. The number of H-pyrrole nitrogens is 1. The number of hydrogen-bond acceptors (Lipinski definition) is 6. The zero-order chi connectivity index (χ0) is 23.6. The lowest BCUT2D eigenvalue weighted by Crippen LogP contribution is -2.30. The van der Waals surface area contributed by atoms with Crippen LogP contribution in [-0.4, -0.2) is 52.3 Å². The predicted octanol–water partition coefficient (Wildman–Crippen LogP) is 4.86. The van der Waals surface area contributed by atoms with Gasteiger partial charge in [0, 0.05) is 61.3 Å². The van der Waals surface area contributed by atoms with Crippen molar-refractivity contribution in [1.29, 1.82) is 0 Å². The molecule has 8 heteroatoms. The number of carbonyl (C=O) groups excluding carboxylic acids is 1. The molecule has 0 radical (unpaired) electrons. The van der Waals surface area contributed by atoms with Gasteiger partial charge in [0.1, 0.15) is 5.82 Å². The molecule has 0 bridgehead atoms. The molecule has 0 saturated carbocycles. The quantitative estimate of drug-likeness (QED) is 0.436. The number of nitrogens with one attached hydrogen (secondary N) is 2. The van der Waals surface area contributed by atoms with Gasteiger partial charge in [-0.05, 0) is 61.9 Å². The smallest absolute Gasteiger partial charge is 0.276 e. The molecule has 4 aromatic rings. The van der Waals surface area contributed by atoms with Gasteiger partial charge >= 0.3 is 0 Å². The minimum atomic E-state index is -0.242. The van der Waals surface area contributed by atoms with Crippen molar-refractivity contribution in [2.75, 3.05) is 41.3 Å². The molecule has 2 N–H and O–H groups in total. The summed E-state index contributed by atoms with van der Waals surface area (Å²) in [4.78, 5) is 26.8. The SMILES string of the molecule is O=C(Nc1ccnc(N2CCCCC2)c1)c1n[nH]c2ccc(-c3cncc(N4CCCC4)c3)cc12. The summed E-state index contributed by atoms with van der Waals surface area (Å²) in [5, 5.41) is 11.1. The molecule has 178 valence electrons. The number of benzene rings is 1. The van der Waals surface area contributed by atoms with Gasteiger partial charge in [0.15, 0.2) is 5.69 Å². The van der Waals surface area contributed by atoms with Crippen molar-refractivity contribution in [2.45, 2.75) is 32.1 Å². The third-order valence-corrected chi connectivity index (χ3v) is 6.99. The van der Waals surface area contributed by atoms with Gasteiger partial charge in [-0.1, -0.05) is 6.07 Å². The van der Waals surface area contributed by atoms with Crippen molar-refractivity contribution in [3.05, 3.63) is 60.7 Å². The zero-order valence-corrected chi connectivity index (χ0v) is 19.7. The number of fused-ring (bicyclic) bond motifs is 1. The lowest BCUT2D eigenvalue weighted by atomic mass is 10.0. The Labute approximate surface area is 204 Å². The van der Waals surface area contributed by atoms with Gasteiger partial charge in [-0.3, -0.25) is 14.9 Å². The van der Waals surface area contributed by atoms with Crippen molar-refractivity contribution in [3.8, 4) is 11.1 Å². The highest BCUT2D eigenvalue weighted by Crippen LogP contribution is 2.29. The van der Waals surface area contributed by atoms with Gasteiger partial charge in [-0.15, -0.1) is 0 Å². The lowest BCUT2D eigenvalue weighted by molar-refractivity contribution is 0.102. The molecule has 6 rings (SSSR count). The minimum absolute atomic E-state index is 0.242. The Hall–Kier alpha value is -3.94. The van der Waals surface area contributed by atoms with Gasteiger partial charge in [0.25, 0.3) is 5.91 Å². The standard InChI is InChI=1S/C27H29N7O/c35-27(30-21-8-9-29-25(16-21)34-12-2-1-3-13-34)26-23-15-19(6-7-24(23)31-32-26)20-14-22(18-28-17-20)33-10-4-5-11-33/h6-9,14-18H,1-5,10-13H2,(H,31,32)(H,29,30,35). The Morgan fingerprint density at radius 3 is 2.51 bits per heavy atom. The first-order chi connectivity index (χ1) is 17.2. The van der Waals surface area contributed by atoms with Crippen LogP contribution >= 0.6 is 0 Å². The van der Waals surface area contributed by atoms with Crippen LogP contribution in [0.15, 0.2) is 55.0 Å². The maximum absolute atomic E-state index is 13.2. The van der Waals surface area contributed by atoms with Gasteiger partial charge < -0.3 is 15.1 Å². The van der Waals surface area contributed by atoms with E-state index in [1.54, 1.807) is 6.20 Å². The van der Waals surface area contributed by atoms with Crippen LogP contribution in [0.5, 0.6) is 0 Å². The predicted molar refractivity (Wildman–Crippen MR) is 139 cm³/mol. The second-order valence-electron chi connectivity index (χ2n) is 9.36. The highest BCUT2D eigenvalue weighted by Gasteiger charge is 2.18. The van der Waals surface area contributed by atoms with E-state index in [4.69, 9.17) is 0 Å². The maximum atomic E-state index is 13.2. The molecule has 1 aromatic carbocycles. The number of aromatic amines is 1. The number of hydrogen-bond donors (Lipinski definition) is 2. The number of piperidine rings is 1. The molecule has 3 aromatic heterocycles. The molecule has 0 aliphatic carbocycles. The number of carbonyl (C=O) groups is 1. The maximum Gasteiger partial charge on any atom is 0.276 e. The Bertz CT molecular complexity index is 1350. The summed E-state index contributed by atoms with van der Waals surface area (Å²) in [6.07, 6.45) is 11.6. The van der Waals surface area contributed by atoms with Crippen molar-refractivity contribution in [1.82, 2.24) is 20.2 Å². The van der Waals surface area contributed by atoms with Crippen molar-refractivity contribution in [2.24, 2.45) is 0 Å². The molecule has 2 aliphatic heterocycles. The average Bonchev–Trinajstić information content (AvgIpc) is 3.60. The topological polar surface area (TPSA) is 90.0 Å². The third-order valence-electron chi connectivity index (χ3n) is 6.99. The number of nitrogens with zero attached hydrogens (tertiary/aromatic N) is 5. The average molecular weight is 468 g/mol. The molecule has 0 atom stereocenters. The van der Waals surface area contributed by atoms with Crippen molar-refractivity contribution >= 4 is 34.0 Å². The van der Waals surface area contributed by atoms with Crippen LogP contribution in [0.2, 0.25) is 0 Å². The van der Waals surface area contributed by atoms with E-state index in [0.717, 1.165) is 65.4 Å². The monoisotopic (exact) mass is 467 g/mol. The summed E-state index contributed by atoms with van der Waals surface area (Å²) < 4.78 is 0. The largest absolute Gasteiger partial charge is 0.370 e. The van der Waals surface area contributed by atoms with E-state index in [1.165, 1.54) is 32.1 Å². The molecular weight excluding hydrogens is 438 g/mol. The van der Waals surface area contributed by atoms with Crippen LogP contribution in [0.3, 0.4) is 0 Å². The minimum Gasteiger partial charge on any atom is -0.370 e. The molecule has 0 spiro atoms. The first kappa shape index (κ1) is 21.6. The fourth-order valence-electron chi connectivity index (χ4n) is 5.08. The van der Waals surface area contributed by atoms with Crippen LogP contribution in [0.1, 0.15) is 42.6 Å². The van der Waals surface area contributed by atoms with E-state index in [0.29, 0.717) is 5.69 Å². The second-order valence-corrected chi connectivity index (χ2v) is 9.36. The lowest BCUT2D eigenvalue weighted by Gasteiger charge is -2.27. The Morgan fingerprint density at radius 1 is 0.857 bits per heavy atom. The number of amides is 1. The molecule has 8 nitrogen and oxygen atoms in total. The molecule has 2 aliphatic rings. The Kier molecular flexibility index (Phi) is 5.78. The summed E-state index contributed by atoms with van der Waals surface area (Å²) in [6, 6.07) is 12.0. The van der Waals surface area contributed by atoms with Crippen molar-refractivity contribution < 1.29 is 4.79 Å². The van der Waals surface area contributed by atoms with Gasteiger partial charge in [-0.2, -0.15) is 5.10 Å². The highest BCUT2D eigenvalue weighted by molar-refractivity contribution is 6.11.